The van der Waals surface area contributed by atoms with E-state index in [2.05, 4.69) is 20.8 Å². The van der Waals surface area contributed by atoms with Gasteiger partial charge in [0, 0.05) is 16.8 Å². The molecule has 0 saturated heterocycles. The third kappa shape index (κ3) is 3.57. The van der Waals surface area contributed by atoms with Crippen LogP contribution in [0.15, 0.2) is 42.5 Å². The molecule has 8 heteroatoms. The van der Waals surface area contributed by atoms with E-state index in [4.69, 9.17) is 21.1 Å². The van der Waals surface area contributed by atoms with E-state index in [9.17, 15) is 0 Å². The molecule has 0 unspecified atom stereocenters. The molecule has 26 heavy (non-hydrogen) atoms. The fourth-order valence-electron chi connectivity index (χ4n) is 2.66. The lowest BCUT2D eigenvalue weighted by molar-refractivity contribution is 0.355. The Morgan fingerprint density at radius 1 is 1.00 bits per heavy atom. The zero-order chi connectivity index (χ0) is 18.7. The SMILES string of the molecule is COc1ccc(NC(C)(C)c2nnnn2-c2ccc(Cl)cc2)cc1OC. The van der Waals surface area contributed by atoms with Gasteiger partial charge in [0.25, 0.3) is 0 Å². The van der Waals surface area contributed by atoms with Gasteiger partial charge in [-0.1, -0.05) is 11.6 Å². The molecule has 0 aliphatic carbocycles. The second kappa shape index (κ2) is 7.21. The smallest absolute Gasteiger partial charge is 0.181 e. The Kier molecular flexibility index (Phi) is 4.99. The van der Waals surface area contributed by atoms with E-state index in [0.29, 0.717) is 22.3 Å². The number of methoxy groups -OCH3 is 2. The summed E-state index contributed by atoms with van der Waals surface area (Å²) in [6.07, 6.45) is 0. The summed E-state index contributed by atoms with van der Waals surface area (Å²) in [5.74, 6) is 1.97. The van der Waals surface area contributed by atoms with Gasteiger partial charge in [0.2, 0.25) is 0 Å². The van der Waals surface area contributed by atoms with Gasteiger partial charge in [-0.2, -0.15) is 4.68 Å². The van der Waals surface area contributed by atoms with Gasteiger partial charge in [-0.25, -0.2) is 0 Å². The third-order valence-corrected chi connectivity index (χ3v) is 4.19. The Hall–Kier alpha value is -2.80. The van der Waals surface area contributed by atoms with Gasteiger partial charge in [-0.05, 0) is 60.7 Å². The minimum absolute atomic E-state index is 0.553. The number of anilines is 1. The minimum Gasteiger partial charge on any atom is -0.493 e. The van der Waals surface area contributed by atoms with Gasteiger partial charge >= 0.3 is 0 Å². The first-order valence-corrected chi connectivity index (χ1v) is 8.37. The molecule has 0 spiro atoms. The lowest BCUT2D eigenvalue weighted by Crippen LogP contribution is -2.31. The Morgan fingerprint density at radius 2 is 1.69 bits per heavy atom. The normalized spacial score (nSPS) is 11.3. The largest absolute Gasteiger partial charge is 0.493 e. The Labute approximate surface area is 156 Å². The van der Waals surface area contributed by atoms with Gasteiger partial charge in [-0.3, -0.25) is 0 Å². The fourth-order valence-corrected chi connectivity index (χ4v) is 2.79. The molecule has 0 saturated carbocycles. The molecular formula is C18H20ClN5O2. The highest BCUT2D eigenvalue weighted by molar-refractivity contribution is 6.30. The highest BCUT2D eigenvalue weighted by Gasteiger charge is 2.28. The number of hydrogen-bond donors (Lipinski definition) is 1. The predicted molar refractivity (Wildman–Crippen MR) is 100 cm³/mol. The molecule has 0 fully saturated rings. The topological polar surface area (TPSA) is 74.1 Å². The molecule has 0 aliphatic heterocycles. The number of ether oxygens (including phenoxy) is 2. The van der Waals surface area contributed by atoms with Gasteiger partial charge < -0.3 is 14.8 Å². The minimum atomic E-state index is -0.553. The molecule has 136 valence electrons. The maximum Gasteiger partial charge on any atom is 0.181 e. The molecule has 0 bridgehead atoms. The van der Waals surface area contributed by atoms with Crippen LogP contribution in [0.5, 0.6) is 11.5 Å². The zero-order valence-electron chi connectivity index (χ0n) is 15.0. The van der Waals surface area contributed by atoms with Crippen molar-refractivity contribution in [2.45, 2.75) is 19.4 Å². The first-order valence-electron chi connectivity index (χ1n) is 7.99. The zero-order valence-corrected chi connectivity index (χ0v) is 15.8. The van der Waals surface area contributed by atoms with E-state index in [1.807, 2.05) is 44.2 Å². The average molecular weight is 374 g/mol. The second-order valence-electron chi connectivity index (χ2n) is 6.21. The molecular weight excluding hydrogens is 354 g/mol. The number of tetrazole rings is 1. The molecule has 7 nitrogen and oxygen atoms in total. The van der Waals surface area contributed by atoms with Crippen LogP contribution >= 0.6 is 11.6 Å². The summed E-state index contributed by atoms with van der Waals surface area (Å²) in [5, 5.41) is 16.3. The van der Waals surface area contributed by atoms with Crippen molar-refractivity contribution in [1.82, 2.24) is 20.2 Å². The summed E-state index contributed by atoms with van der Waals surface area (Å²) in [7, 11) is 3.21. The molecule has 1 heterocycles. The van der Waals surface area contributed by atoms with Crippen LogP contribution in [0.1, 0.15) is 19.7 Å². The molecule has 1 aromatic heterocycles. The van der Waals surface area contributed by atoms with E-state index >= 15 is 0 Å². The maximum absolute atomic E-state index is 5.97. The average Bonchev–Trinajstić information content (AvgIpc) is 3.12. The van der Waals surface area contributed by atoms with Crippen molar-refractivity contribution in [3.8, 4) is 17.2 Å². The molecule has 1 N–H and O–H groups in total. The number of nitrogens with one attached hydrogen (secondary N) is 1. The van der Waals surface area contributed by atoms with E-state index in [1.54, 1.807) is 31.0 Å². The number of hydrogen-bond acceptors (Lipinski definition) is 6. The van der Waals surface area contributed by atoms with Crippen LogP contribution in [0, 0.1) is 0 Å². The Morgan fingerprint density at radius 3 is 2.35 bits per heavy atom. The monoisotopic (exact) mass is 373 g/mol. The van der Waals surface area contributed by atoms with Crippen molar-refractivity contribution in [3.63, 3.8) is 0 Å². The number of rotatable bonds is 6. The summed E-state index contributed by atoms with van der Waals surface area (Å²) < 4.78 is 12.3. The Balaban J connectivity index is 1.92. The van der Waals surface area contributed by atoms with Gasteiger partial charge in [0.05, 0.1) is 25.4 Å². The van der Waals surface area contributed by atoms with E-state index in [1.165, 1.54) is 0 Å². The highest BCUT2D eigenvalue weighted by atomic mass is 35.5. The molecule has 2 aromatic carbocycles. The van der Waals surface area contributed by atoms with Gasteiger partial charge in [0.15, 0.2) is 17.3 Å². The molecule has 0 radical (unpaired) electrons. The van der Waals surface area contributed by atoms with Crippen LogP contribution in [0.3, 0.4) is 0 Å². The first-order chi connectivity index (χ1) is 12.4. The molecule has 0 aliphatic rings. The molecule has 0 amide bonds. The van der Waals surface area contributed by atoms with E-state index < -0.39 is 5.54 Å². The van der Waals surface area contributed by atoms with Crippen LogP contribution < -0.4 is 14.8 Å². The first kappa shape index (κ1) is 18.0. The van der Waals surface area contributed by atoms with Crippen molar-refractivity contribution in [3.05, 3.63) is 53.3 Å². The van der Waals surface area contributed by atoms with Crippen molar-refractivity contribution >= 4 is 17.3 Å². The second-order valence-corrected chi connectivity index (χ2v) is 6.65. The van der Waals surface area contributed by atoms with Gasteiger partial charge in [-0.15, -0.1) is 5.10 Å². The number of benzene rings is 2. The number of aromatic nitrogens is 4. The van der Waals surface area contributed by atoms with Gasteiger partial charge in [0.1, 0.15) is 0 Å². The number of nitrogens with zero attached hydrogens (tertiary/aromatic N) is 4. The highest BCUT2D eigenvalue weighted by Crippen LogP contribution is 2.33. The van der Waals surface area contributed by atoms with Crippen LogP contribution in [0.2, 0.25) is 5.02 Å². The quantitative estimate of drug-likeness (QED) is 0.710. The summed E-state index contributed by atoms with van der Waals surface area (Å²) in [5.41, 5.74) is 1.14. The standard InChI is InChI=1S/C18H20ClN5O2/c1-18(2,20-13-7-10-15(25-3)16(11-13)26-4)17-21-22-23-24(17)14-8-5-12(19)6-9-14/h5-11,20H,1-4H3. The van der Waals surface area contributed by atoms with E-state index in [0.717, 1.165) is 11.4 Å². The lowest BCUT2D eigenvalue weighted by atomic mass is 10.0. The summed E-state index contributed by atoms with van der Waals surface area (Å²) in [4.78, 5) is 0. The summed E-state index contributed by atoms with van der Waals surface area (Å²) in [6.45, 7) is 4.00. The summed E-state index contributed by atoms with van der Waals surface area (Å²) >= 11 is 5.97. The summed E-state index contributed by atoms with van der Waals surface area (Å²) in [6, 6.07) is 13.0. The molecule has 0 atom stereocenters. The number of halogens is 1. The van der Waals surface area contributed by atoms with Crippen LogP contribution in [0.25, 0.3) is 5.69 Å². The fraction of sp³-hybridized carbons (Fsp3) is 0.278. The van der Waals surface area contributed by atoms with Crippen molar-refractivity contribution in [2.75, 3.05) is 19.5 Å². The maximum atomic E-state index is 5.97. The van der Waals surface area contributed by atoms with Crippen LogP contribution in [0.4, 0.5) is 5.69 Å². The van der Waals surface area contributed by atoms with Crippen molar-refractivity contribution in [2.24, 2.45) is 0 Å². The predicted octanol–water partition coefficient (Wildman–Crippen LogP) is 3.68. The third-order valence-electron chi connectivity index (χ3n) is 3.94. The van der Waals surface area contributed by atoms with Crippen molar-refractivity contribution < 1.29 is 9.47 Å². The Bertz CT molecular complexity index is 893. The molecule has 3 aromatic rings. The van der Waals surface area contributed by atoms with E-state index in [-0.39, 0.29) is 0 Å². The molecule has 3 rings (SSSR count). The van der Waals surface area contributed by atoms with Crippen LogP contribution in [-0.2, 0) is 5.54 Å². The lowest BCUT2D eigenvalue weighted by Gasteiger charge is -2.26. The van der Waals surface area contributed by atoms with Crippen molar-refractivity contribution in [1.29, 1.82) is 0 Å². The van der Waals surface area contributed by atoms with Crippen LogP contribution in [-0.4, -0.2) is 34.4 Å².